The SMILES string of the molecule is COCCN(Cc1ccc(F)cc1Cl)C(=O)[C@@H]1COCCO1. The molecule has 0 aliphatic carbocycles. The Balaban J connectivity index is 2.09. The van der Waals surface area contributed by atoms with Gasteiger partial charge in [-0.1, -0.05) is 17.7 Å². The number of rotatable bonds is 6. The number of carbonyl (C=O) groups excluding carboxylic acids is 1. The summed E-state index contributed by atoms with van der Waals surface area (Å²) < 4.78 is 28.9. The molecular formula is C15H19ClFNO4. The van der Waals surface area contributed by atoms with Crippen molar-refractivity contribution in [2.24, 2.45) is 0 Å². The van der Waals surface area contributed by atoms with E-state index in [0.717, 1.165) is 0 Å². The Labute approximate surface area is 133 Å². The number of benzene rings is 1. The fraction of sp³-hybridized carbons (Fsp3) is 0.533. The Morgan fingerprint density at radius 2 is 2.32 bits per heavy atom. The maximum absolute atomic E-state index is 13.1. The second-order valence-corrected chi connectivity index (χ2v) is 5.33. The molecule has 7 heteroatoms. The lowest BCUT2D eigenvalue weighted by Gasteiger charge is -2.29. The van der Waals surface area contributed by atoms with E-state index in [1.165, 1.54) is 12.1 Å². The third-order valence-electron chi connectivity index (χ3n) is 3.34. The summed E-state index contributed by atoms with van der Waals surface area (Å²) in [5.74, 6) is -0.593. The lowest BCUT2D eigenvalue weighted by Crippen LogP contribution is -2.46. The molecule has 0 saturated carbocycles. The van der Waals surface area contributed by atoms with Crippen LogP contribution in [0.3, 0.4) is 0 Å². The predicted octanol–water partition coefficient (Wildman–Crippen LogP) is 1.87. The van der Waals surface area contributed by atoms with E-state index < -0.39 is 11.9 Å². The zero-order chi connectivity index (χ0) is 15.9. The zero-order valence-corrected chi connectivity index (χ0v) is 13.1. The van der Waals surface area contributed by atoms with Gasteiger partial charge in [-0.2, -0.15) is 0 Å². The first-order valence-corrected chi connectivity index (χ1v) is 7.40. The predicted molar refractivity (Wildman–Crippen MR) is 79.3 cm³/mol. The average Bonchev–Trinajstić information content (AvgIpc) is 2.53. The van der Waals surface area contributed by atoms with Crippen LogP contribution in [0.1, 0.15) is 5.56 Å². The smallest absolute Gasteiger partial charge is 0.254 e. The molecule has 1 aliphatic heterocycles. The van der Waals surface area contributed by atoms with Gasteiger partial charge in [0, 0.05) is 25.2 Å². The Kier molecular flexibility index (Phi) is 6.57. The highest BCUT2D eigenvalue weighted by molar-refractivity contribution is 6.31. The number of carbonyl (C=O) groups is 1. The van der Waals surface area contributed by atoms with Crippen molar-refractivity contribution in [3.8, 4) is 0 Å². The molecule has 5 nitrogen and oxygen atoms in total. The van der Waals surface area contributed by atoms with Gasteiger partial charge in [-0.15, -0.1) is 0 Å². The van der Waals surface area contributed by atoms with E-state index in [0.29, 0.717) is 31.9 Å². The summed E-state index contributed by atoms with van der Waals surface area (Å²) in [6, 6.07) is 4.12. The number of halogens is 2. The fourth-order valence-electron chi connectivity index (χ4n) is 2.16. The Morgan fingerprint density at radius 3 is 2.95 bits per heavy atom. The van der Waals surface area contributed by atoms with Gasteiger partial charge in [0.2, 0.25) is 0 Å². The Morgan fingerprint density at radius 1 is 1.50 bits per heavy atom. The number of nitrogens with zero attached hydrogens (tertiary/aromatic N) is 1. The standard InChI is InChI=1S/C15H19ClFNO4/c1-20-5-4-18(15(19)14-10-21-6-7-22-14)9-11-2-3-12(17)8-13(11)16/h2-3,8,14H,4-7,9-10H2,1H3/t14-/m0/s1. The molecule has 2 rings (SSSR count). The van der Waals surface area contributed by atoms with Gasteiger partial charge < -0.3 is 19.1 Å². The van der Waals surface area contributed by atoms with Gasteiger partial charge in [0.05, 0.1) is 26.4 Å². The Hall–Kier alpha value is -1.21. The molecule has 1 heterocycles. The summed E-state index contributed by atoms with van der Waals surface area (Å²) in [5, 5.41) is 0.288. The maximum Gasteiger partial charge on any atom is 0.254 e. The number of amides is 1. The Bertz CT molecular complexity index is 508. The highest BCUT2D eigenvalue weighted by Crippen LogP contribution is 2.20. The molecule has 0 N–H and O–H groups in total. The topological polar surface area (TPSA) is 48.0 Å². The first kappa shape index (κ1) is 17.1. The molecule has 122 valence electrons. The van der Waals surface area contributed by atoms with E-state index >= 15 is 0 Å². The molecule has 22 heavy (non-hydrogen) atoms. The summed E-state index contributed by atoms with van der Waals surface area (Å²) in [7, 11) is 1.56. The van der Waals surface area contributed by atoms with E-state index in [2.05, 4.69) is 0 Å². The third-order valence-corrected chi connectivity index (χ3v) is 3.70. The normalized spacial score (nSPS) is 18.2. The fourth-order valence-corrected chi connectivity index (χ4v) is 2.39. The van der Waals surface area contributed by atoms with Crippen molar-refractivity contribution < 1.29 is 23.4 Å². The van der Waals surface area contributed by atoms with Gasteiger partial charge in [0.15, 0.2) is 6.10 Å². The van der Waals surface area contributed by atoms with Crippen molar-refractivity contribution in [1.29, 1.82) is 0 Å². The number of ether oxygens (including phenoxy) is 3. The van der Waals surface area contributed by atoms with Crippen LogP contribution in [0.25, 0.3) is 0 Å². The van der Waals surface area contributed by atoms with E-state index in [9.17, 15) is 9.18 Å². The van der Waals surface area contributed by atoms with Crippen molar-refractivity contribution in [2.75, 3.05) is 40.1 Å². The summed E-state index contributed by atoms with van der Waals surface area (Å²) >= 11 is 6.03. The van der Waals surface area contributed by atoms with Crippen LogP contribution in [0.15, 0.2) is 18.2 Å². The largest absolute Gasteiger partial charge is 0.383 e. The quantitative estimate of drug-likeness (QED) is 0.798. The van der Waals surface area contributed by atoms with Crippen LogP contribution in [0, 0.1) is 5.82 Å². The second-order valence-electron chi connectivity index (χ2n) is 4.92. The van der Waals surface area contributed by atoms with E-state index in [-0.39, 0.29) is 24.1 Å². The van der Waals surface area contributed by atoms with Crippen molar-refractivity contribution in [3.63, 3.8) is 0 Å². The average molecular weight is 332 g/mol. The van der Waals surface area contributed by atoms with Crippen LogP contribution in [0.2, 0.25) is 5.02 Å². The number of hydrogen-bond donors (Lipinski definition) is 0. The van der Waals surface area contributed by atoms with Gasteiger partial charge in [-0.25, -0.2) is 4.39 Å². The molecule has 0 bridgehead atoms. The van der Waals surface area contributed by atoms with Crippen molar-refractivity contribution in [3.05, 3.63) is 34.6 Å². The van der Waals surface area contributed by atoms with Crippen molar-refractivity contribution >= 4 is 17.5 Å². The van der Waals surface area contributed by atoms with Crippen LogP contribution < -0.4 is 0 Å². The molecule has 1 fully saturated rings. The van der Waals surface area contributed by atoms with E-state index in [4.69, 9.17) is 25.8 Å². The zero-order valence-electron chi connectivity index (χ0n) is 12.4. The van der Waals surface area contributed by atoms with Crippen LogP contribution >= 0.6 is 11.6 Å². The van der Waals surface area contributed by atoms with E-state index in [1.807, 2.05) is 0 Å². The summed E-state index contributed by atoms with van der Waals surface area (Å²) in [5.41, 5.74) is 0.671. The van der Waals surface area contributed by atoms with Crippen LogP contribution in [0.5, 0.6) is 0 Å². The minimum Gasteiger partial charge on any atom is -0.383 e. The summed E-state index contributed by atoms with van der Waals surface area (Å²) in [6.07, 6.45) is -0.621. The highest BCUT2D eigenvalue weighted by atomic mass is 35.5. The van der Waals surface area contributed by atoms with Crippen molar-refractivity contribution in [1.82, 2.24) is 4.90 Å². The maximum atomic E-state index is 13.1. The van der Waals surface area contributed by atoms with Gasteiger partial charge >= 0.3 is 0 Å². The lowest BCUT2D eigenvalue weighted by atomic mass is 10.2. The minimum absolute atomic E-state index is 0.183. The van der Waals surface area contributed by atoms with Gasteiger partial charge in [0.1, 0.15) is 5.82 Å². The van der Waals surface area contributed by atoms with Crippen LogP contribution in [0.4, 0.5) is 4.39 Å². The monoisotopic (exact) mass is 331 g/mol. The molecule has 1 aliphatic rings. The highest BCUT2D eigenvalue weighted by Gasteiger charge is 2.27. The molecule has 0 radical (unpaired) electrons. The molecule has 1 atom stereocenters. The summed E-state index contributed by atoms with van der Waals surface area (Å²) in [6.45, 7) is 2.17. The van der Waals surface area contributed by atoms with E-state index in [1.54, 1.807) is 18.1 Å². The van der Waals surface area contributed by atoms with Gasteiger partial charge in [0.25, 0.3) is 5.91 Å². The van der Waals surface area contributed by atoms with Gasteiger partial charge in [-0.05, 0) is 17.7 Å². The van der Waals surface area contributed by atoms with Gasteiger partial charge in [-0.3, -0.25) is 4.79 Å². The molecule has 1 aromatic rings. The van der Waals surface area contributed by atoms with Crippen LogP contribution in [-0.2, 0) is 25.5 Å². The molecular weight excluding hydrogens is 313 g/mol. The van der Waals surface area contributed by atoms with Crippen molar-refractivity contribution in [2.45, 2.75) is 12.6 Å². The summed E-state index contributed by atoms with van der Waals surface area (Å²) in [4.78, 5) is 14.1. The van der Waals surface area contributed by atoms with Crippen LogP contribution in [-0.4, -0.2) is 57.0 Å². The molecule has 0 unspecified atom stereocenters. The second kappa shape index (κ2) is 8.43. The molecule has 0 aromatic heterocycles. The molecule has 1 amide bonds. The molecule has 0 spiro atoms. The first-order valence-electron chi connectivity index (χ1n) is 7.03. The first-order chi connectivity index (χ1) is 10.6. The minimum atomic E-state index is -0.621. The molecule has 1 aromatic carbocycles. The molecule has 1 saturated heterocycles. The number of hydrogen-bond acceptors (Lipinski definition) is 4. The number of methoxy groups -OCH3 is 1. The third kappa shape index (κ3) is 4.64. The lowest BCUT2D eigenvalue weighted by molar-refractivity contribution is -0.159.